The zero-order valence-corrected chi connectivity index (χ0v) is 15.4. The highest BCUT2D eigenvalue weighted by molar-refractivity contribution is 7.99. The summed E-state index contributed by atoms with van der Waals surface area (Å²) in [5.41, 5.74) is 2.52. The number of ether oxygens (including phenoxy) is 1. The first-order valence-corrected chi connectivity index (χ1v) is 9.33. The number of benzene rings is 2. The molecule has 25 heavy (non-hydrogen) atoms. The molecule has 1 fully saturated rings. The Morgan fingerprint density at radius 1 is 1.20 bits per heavy atom. The SMILES string of the molecule is COC(=O)[C@@]12CSc3ccccc3[C@@H]1N(C)O[C@@H]2c1ccccc1C. The summed E-state index contributed by atoms with van der Waals surface area (Å²) >= 11 is 1.71. The van der Waals surface area contributed by atoms with E-state index < -0.39 is 5.41 Å². The van der Waals surface area contributed by atoms with Crippen LogP contribution in [0.4, 0.5) is 0 Å². The van der Waals surface area contributed by atoms with Crippen molar-refractivity contribution in [2.24, 2.45) is 5.41 Å². The van der Waals surface area contributed by atoms with Gasteiger partial charge in [-0.25, -0.2) is 0 Å². The zero-order valence-electron chi connectivity index (χ0n) is 14.6. The maximum absolute atomic E-state index is 13.1. The molecule has 0 bridgehead atoms. The van der Waals surface area contributed by atoms with Crippen LogP contribution in [0.25, 0.3) is 0 Å². The monoisotopic (exact) mass is 355 g/mol. The minimum Gasteiger partial charge on any atom is -0.468 e. The molecule has 0 amide bonds. The number of fused-ring (bicyclic) bond motifs is 3. The quantitative estimate of drug-likeness (QED) is 0.764. The van der Waals surface area contributed by atoms with Gasteiger partial charge in [-0.05, 0) is 29.7 Å². The summed E-state index contributed by atoms with van der Waals surface area (Å²) in [6.45, 7) is 2.06. The lowest BCUT2D eigenvalue weighted by atomic mass is 9.71. The molecule has 130 valence electrons. The summed E-state index contributed by atoms with van der Waals surface area (Å²) in [6.07, 6.45) is -0.364. The number of esters is 1. The lowest BCUT2D eigenvalue weighted by Gasteiger charge is -2.39. The molecule has 2 aromatic rings. The molecule has 4 nitrogen and oxygen atoms in total. The van der Waals surface area contributed by atoms with Crippen LogP contribution in [-0.2, 0) is 14.4 Å². The highest BCUT2D eigenvalue weighted by atomic mass is 32.2. The number of nitrogens with zero attached hydrogens (tertiary/aromatic N) is 1. The molecule has 0 aromatic heterocycles. The number of carbonyl (C=O) groups excluding carboxylic acids is 1. The highest BCUT2D eigenvalue weighted by Crippen LogP contribution is 2.61. The van der Waals surface area contributed by atoms with Crippen molar-refractivity contribution in [1.29, 1.82) is 0 Å². The van der Waals surface area contributed by atoms with E-state index in [0.29, 0.717) is 5.75 Å². The molecule has 3 atom stereocenters. The third-order valence-electron chi connectivity index (χ3n) is 5.31. The van der Waals surface area contributed by atoms with Gasteiger partial charge in [0.15, 0.2) is 0 Å². The predicted molar refractivity (Wildman–Crippen MR) is 97.1 cm³/mol. The molecule has 0 spiro atoms. The minimum atomic E-state index is -0.769. The maximum Gasteiger partial charge on any atom is 0.317 e. The molecule has 0 saturated carbocycles. The number of rotatable bonds is 2. The van der Waals surface area contributed by atoms with Gasteiger partial charge in [-0.15, -0.1) is 11.8 Å². The predicted octanol–water partition coefficient (Wildman–Crippen LogP) is 3.92. The van der Waals surface area contributed by atoms with Gasteiger partial charge in [-0.1, -0.05) is 42.5 Å². The van der Waals surface area contributed by atoms with Gasteiger partial charge < -0.3 is 4.74 Å². The molecular weight excluding hydrogens is 334 g/mol. The summed E-state index contributed by atoms with van der Waals surface area (Å²) in [7, 11) is 3.37. The summed E-state index contributed by atoms with van der Waals surface area (Å²) in [4.78, 5) is 20.6. The second-order valence-corrected chi connectivity index (χ2v) is 7.67. The smallest absolute Gasteiger partial charge is 0.317 e. The Morgan fingerprint density at radius 2 is 1.88 bits per heavy atom. The Balaban J connectivity index is 1.92. The van der Waals surface area contributed by atoms with Crippen LogP contribution in [0.15, 0.2) is 53.4 Å². The van der Waals surface area contributed by atoms with Crippen molar-refractivity contribution in [3.8, 4) is 0 Å². The van der Waals surface area contributed by atoms with Gasteiger partial charge >= 0.3 is 5.97 Å². The number of hydroxylamine groups is 2. The fourth-order valence-corrected chi connectivity index (χ4v) is 5.48. The maximum atomic E-state index is 13.1. The minimum absolute atomic E-state index is 0.165. The third-order valence-corrected chi connectivity index (χ3v) is 6.61. The van der Waals surface area contributed by atoms with Crippen molar-refractivity contribution < 1.29 is 14.4 Å². The second-order valence-electron chi connectivity index (χ2n) is 6.65. The second kappa shape index (κ2) is 6.16. The first kappa shape index (κ1) is 16.6. The topological polar surface area (TPSA) is 38.8 Å². The highest BCUT2D eigenvalue weighted by Gasteiger charge is 2.63. The Hall–Kier alpha value is -1.82. The summed E-state index contributed by atoms with van der Waals surface area (Å²) in [5, 5.41) is 1.84. The number of methoxy groups -OCH3 is 1. The first-order valence-electron chi connectivity index (χ1n) is 8.35. The van der Waals surface area contributed by atoms with Crippen LogP contribution in [0.5, 0.6) is 0 Å². The lowest BCUT2D eigenvalue weighted by molar-refractivity contribution is -0.159. The van der Waals surface area contributed by atoms with E-state index in [1.54, 1.807) is 11.8 Å². The van der Waals surface area contributed by atoms with Gasteiger partial charge in [0.25, 0.3) is 0 Å². The lowest BCUT2D eigenvalue weighted by Crippen LogP contribution is -2.45. The van der Waals surface area contributed by atoms with Gasteiger partial charge in [0.05, 0.1) is 13.2 Å². The van der Waals surface area contributed by atoms with Crippen molar-refractivity contribution >= 4 is 17.7 Å². The average Bonchev–Trinajstić information content (AvgIpc) is 2.95. The Kier molecular flexibility index (Phi) is 4.10. The number of aryl methyl sites for hydroxylation is 1. The van der Waals surface area contributed by atoms with Gasteiger partial charge in [-0.3, -0.25) is 9.63 Å². The van der Waals surface area contributed by atoms with E-state index in [1.165, 1.54) is 12.0 Å². The zero-order chi connectivity index (χ0) is 17.6. The van der Waals surface area contributed by atoms with Crippen LogP contribution < -0.4 is 0 Å². The largest absolute Gasteiger partial charge is 0.468 e. The molecule has 0 radical (unpaired) electrons. The van der Waals surface area contributed by atoms with Crippen molar-refractivity contribution in [1.82, 2.24) is 5.06 Å². The van der Waals surface area contributed by atoms with E-state index in [2.05, 4.69) is 25.1 Å². The molecule has 5 heteroatoms. The normalized spacial score (nSPS) is 28.3. The van der Waals surface area contributed by atoms with Gasteiger partial charge in [0.1, 0.15) is 11.5 Å². The molecule has 2 aromatic carbocycles. The summed E-state index contributed by atoms with van der Waals surface area (Å²) in [6, 6.07) is 16.2. The van der Waals surface area contributed by atoms with Crippen molar-refractivity contribution in [3.63, 3.8) is 0 Å². The van der Waals surface area contributed by atoms with E-state index in [1.807, 2.05) is 42.4 Å². The van der Waals surface area contributed by atoms with Gasteiger partial charge in [0.2, 0.25) is 0 Å². The van der Waals surface area contributed by atoms with Crippen molar-refractivity contribution in [3.05, 3.63) is 65.2 Å². The molecule has 1 saturated heterocycles. The van der Waals surface area contributed by atoms with Crippen LogP contribution in [0, 0.1) is 12.3 Å². The van der Waals surface area contributed by atoms with Gasteiger partial charge in [-0.2, -0.15) is 5.06 Å². The standard InChI is InChI=1S/C20H21NO3S/c1-13-8-4-5-9-14(13)18-20(19(22)23-3)12-25-16-11-7-6-10-15(16)17(20)21(2)24-18/h4-11,17-18H,12H2,1-3H3/t17-,18+,20-/m0/s1. The number of carbonyl (C=O) groups is 1. The summed E-state index contributed by atoms with van der Waals surface area (Å²) < 4.78 is 5.29. The summed E-state index contributed by atoms with van der Waals surface area (Å²) in [5.74, 6) is 0.419. The third kappa shape index (κ3) is 2.34. The number of hydrogen-bond donors (Lipinski definition) is 0. The Bertz CT molecular complexity index is 824. The molecule has 4 rings (SSSR count). The van der Waals surface area contributed by atoms with E-state index >= 15 is 0 Å². The van der Waals surface area contributed by atoms with Crippen LogP contribution in [0.2, 0.25) is 0 Å². The molecular formula is C20H21NO3S. The average molecular weight is 355 g/mol. The van der Waals surface area contributed by atoms with Crippen molar-refractivity contribution in [2.75, 3.05) is 19.9 Å². The Morgan fingerprint density at radius 3 is 2.60 bits per heavy atom. The molecule has 2 aliphatic rings. The number of hydrogen-bond acceptors (Lipinski definition) is 5. The van der Waals surface area contributed by atoms with E-state index in [0.717, 1.165) is 16.7 Å². The van der Waals surface area contributed by atoms with Crippen LogP contribution in [0.3, 0.4) is 0 Å². The van der Waals surface area contributed by atoms with Crippen LogP contribution >= 0.6 is 11.8 Å². The fourth-order valence-electron chi connectivity index (χ4n) is 4.13. The molecule has 2 aliphatic heterocycles. The molecule has 0 unspecified atom stereocenters. The first-order chi connectivity index (χ1) is 12.1. The molecule has 0 aliphatic carbocycles. The fraction of sp³-hybridized carbons (Fsp3) is 0.350. The van der Waals surface area contributed by atoms with Crippen LogP contribution in [-0.4, -0.2) is 30.9 Å². The van der Waals surface area contributed by atoms with Gasteiger partial charge in [0, 0.05) is 17.7 Å². The number of thioether (sulfide) groups is 1. The van der Waals surface area contributed by atoms with E-state index in [4.69, 9.17) is 9.57 Å². The molecule has 0 N–H and O–H groups in total. The van der Waals surface area contributed by atoms with E-state index in [9.17, 15) is 4.79 Å². The van der Waals surface area contributed by atoms with Crippen molar-refractivity contribution in [2.45, 2.75) is 24.0 Å². The van der Waals surface area contributed by atoms with E-state index in [-0.39, 0.29) is 18.1 Å². The van der Waals surface area contributed by atoms with Crippen LogP contribution in [0.1, 0.15) is 28.8 Å². The Labute approximate surface area is 152 Å². The molecule has 2 heterocycles.